The van der Waals surface area contributed by atoms with Crippen molar-refractivity contribution in [3.05, 3.63) is 53.6 Å². The lowest BCUT2D eigenvalue weighted by Gasteiger charge is -2.16. The number of nitrogens with zero attached hydrogens (tertiary/aromatic N) is 2. The first-order valence-electron chi connectivity index (χ1n) is 7.58. The third kappa shape index (κ3) is 4.16. The number of para-hydroxylation sites is 1. The molecule has 1 N–H and O–H groups in total. The summed E-state index contributed by atoms with van der Waals surface area (Å²) in [4.78, 5) is 17.7. The molecule has 1 heterocycles. The number of carbonyl (C=O) groups is 1. The first-order valence-corrected chi connectivity index (χ1v) is 8.39. The van der Waals surface area contributed by atoms with Gasteiger partial charge in [-0.15, -0.1) is 0 Å². The number of hydrogen-bond acceptors (Lipinski definition) is 4. The molecule has 10 heteroatoms. The van der Waals surface area contributed by atoms with Gasteiger partial charge in [-0.05, 0) is 30.3 Å². The van der Waals surface area contributed by atoms with Crippen LogP contribution in [0.4, 0.5) is 32.8 Å². The molecule has 0 aliphatic carbocycles. The van der Waals surface area contributed by atoms with Crippen molar-refractivity contribution in [2.45, 2.75) is 6.18 Å². The fourth-order valence-corrected chi connectivity index (χ4v) is 3.31. The number of fused-ring (bicyclic) bond motifs is 1. The minimum Gasteiger partial charge on any atom is -0.342 e. The minimum atomic E-state index is -4.87. The Hall–Kier alpha value is -2.75. The average molecular weight is 401 g/mol. The lowest BCUT2D eigenvalue weighted by atomic mass is 10.2. The number of benzene rings is 2. The number of halogens is 5. The molecular weight excluding hydrogens is 389 g/mol. The number of nitrogens with one attached hydrogen (secondary N) is 1. The van der Waals surface area contributed by atoms with Crippen LogP contribution in [0, 0.1) is 11.6 Å². The van der Waals surface area contributed by atoms with E-state index in [4.69, 9.17) is 0 Å². The molecule has 0 aliphatic heterocycles. The first-order chi connectivity index (χ1) is 12.6. The van der Waals surface area contributed by atoms with E-state index in [0.717, 1.165) is 6.07 Å². The number of carbonyl (C=O) groups excluding carboxylic acids is 1. The maximum atomic E-state index is 13.7. The van der Waals surface area contributed by atoms with Gasteiger partial charge in [0.05, 0.1) is 16.8 Å². The standard InChI is InChI=1S/C17H12F5N3OS/c1-25(16-24-15-12(19)3-2-4-13(15)27-16)8-14(26)23-9-5-6-11(18)10(7-9)17(20,21)22/h2-7H,8H2,1H3,(H,23,26). The molecule has 0 spiro atoms. The number of hydrogen-bond donors (Lipinski definition) is 1. The summed E-state index contributed by atoms with van der Waals surface area (Å²) in [5.74, 6) is -2.54. The zero-order valence-electron chi connectivity index (χ0n) is 13.8. The number of alkyl halides is 3. The van der Waals surface area contributed by atoms with Crippen LogP contribution in [0.5, 0.6) is 0 Å². The smallest absolute Gasteiger partial charge is 0.342 e. The van der Waals surface area contributed by atoms with Crippen molar-refractivity contribution in [1.82, 2.24) is 4.98 Å². The molecule has 0 saturated carbocycles. The summed E-state index contributed by atoms with van der Waals surface area (Å²) in [5, 5.41) is 2.66. The highest BCUT2D eigenvalue weighted by Crippen LogP contribution is 2.33. The maximum Gasteiger partial charge on any atom is 0.419 e. The van der Waals surface area contributed by atoms with E-state index >= 15 is 0 Å². The summed E-state index contributed by atoms with van der Waals surface area (Å²) >= 11 is 1.17. The molecule has 2 aromatic carbocycles. The number of thiazole rings is 1. The first kappa shape index (κ1) is 19.0. The Kier molecular flexibility index (Phi) is 5.01. The summed E-state index contributed by atoms with van der Waals surface area (Å²) in [5.41, 5.74) is -1.47. The van der Waals surface area contributed by atoms with Crippen LogP contribution in [0.15, 0.2) is 36.4 Å². The highest BCUT2D eigenvalue weighted by Gasteiger charge is 2.34. The van der Waals surface area contributed by atoms with E-state index < -0.39 is 29.3 Å². The molecule has 0 radical (unpaired) electrons. The molecule has 3 rings (SSSR count). The normalized spacial score (nSPS) is 11.6. The Bertz CT molecular complexity index is 1000. The van der Waals surface area contributed by atoms with Gasteiger partial charge in [0.15, 0.2) is 5.13 Å². The number of amides is 1. The van der Waals surface area contributed by atoms with Gasteiger partial charge in [0, 0.05) is 12.7 Å². The molecule has 0 bridgehead atoms. The molecule has 0 unspecified atom stereocenters. The quantitative estimate of drug-likeness (QED) is 0.647. The van der Waals surface area contributed by atoms with Crippen molar-refractivity contribution < 1.29 is 26.7 Å². The van der Waals surface area contributed by atoms with Crippen LogP contribution in [-0.4, -0.2) is 24.5 Å². The molecule has 0 saturated heterocycles. The summed E-state index contributed by atoms with van der Waals surface area (Å²) < 4.78 is 65.8. The van der Waals surface area contributed by atoms with Crippen LogP contribution < -0.4 is 10.2 Å². The van der Waals surface area contributed by atoms with Crippen molar-refractivity contribution in [3.63, 3.8) is 0 Å². The van der Waals surface area contributed by atoms with E-state index in [1.54, 1.807) is 19.2 Å². The van der Waals surface area contributed by atoms with Gasteiger partial charge in [0.1, 0.15) is 17.2 Å². The van der Waals surface area contributed by atoms with Crippen LogP contribution in [0.2, 0.25) is 0 Å². The van der Waals surface area contributed by atoms with Crippen molar-refractivity contribution in [2.75, 3.05) is 23.8 Å². The Morgan fingerprint density at radius 2 is 1.93 bits per heavy atom. The van der Waals surface area contributed by atoms with Crippen molar-refractivity contribution in [3.8, 4) is 0 Å². The third-order valence-corrected chi connectivity index (χ3v) is 4.76. The maximum absolute atomic E-state index is 13.7. The lowest BCUT2D eigenvalue weighted by molar-refractivity contribution is -0.140. The summed E-state index contributed by atoms with van der Waals surface area (Å²) in [6.07, 6.45) is -4.87. The number of anilines is 2. The Morgan fingerprint density at radius 1 is 1.19 bits per heavy atom. The predicted octanol–water partition coefficient (Wildman–Crippen LogP) is 4.67. The molecule has 3 aromatic rings. The average Bonchev–Trinajstić information content (AvgIpc) is 3.01. The van der Waals surface area contributed by atoms with Gasteiger partial charge >= 0.3 is 6.18 Å². The van der Waals surface area contributed by atoms with E-state index in [9.17, 15) is 26.7 Å². The zero-order chi connectivity index (χ0) is 19.8. The Morgan fingerprint density at radius 3 is 2.59 bits per heavy atom. The summed E-state index contributed by atoms with van der Waals surface area (Å²) in [7, 11) is 1.54. The van der Waals surface area contributed by atoms with Crippen LogP contribution in [0.25, 0.3) is 10.2 Å². The monoisotopic (exact) mass is 401 g/mol. The van der Waals surface area contributed by atoms with E-state index in [-0.39, 0.29) is 17.7 Å². The molecule has 1 aromatic heterocycles. The molecule has 0 fully saturated rings. The van der Waals surface area contributed by atoms with Gasteiger partial charge in [0.2, 0.25) is 5.91 Å². The molecule has 0 atom stereocenters. The summed E-state index contributed by atoms with van der Waals surface area (Å²) in [6.45, 7) is -0.236. The number of likely N-dealkylation sites (N-methyl/N-ethyl adjacent to an activating group) is 1. The van der Waals surface area contributed by atoms with Gasteiger partial charge in [-0.2, -0.15) is 13.2 Å². The second-order valence-corrected chi connectivity index (χ2v) is 6.69. The number of aromatic nitrogens is 1. The van der Waals surface area contributed by atoms with Gasteiger partial charge in [0.25, 0.3) is 0 Å². The highest BCUT2D eigenvalue weighted by atomic mass is 32.1. The van der Waals surface area contributed by atoms with Crippen LogP contribution >= 0.6 is 11.3 Å². The minimum absolute atomic E-state index is 0.179. The van der Waals surface area contributed by atoms with Gasteiger partial charge in [-0.3, -0.25) is 4.79 Å². The second-order valence-electron chi connectivity index (χ2n) is 5.68. The topological polar surface area (TPSA) is 45.2 Å². The second kappa shape index (κ2) is 7.10. The highest BCUT2D eigenvalue weighted by molar-refractivity contribution is 7.22. The van der Waals surface area contributed by atoms with Gasteiger partial charge < -0.3 is 10.2 Å². The third-order valence-electron chi connectivity index (χ3n) is 3.62. The zero-order valence-corrected chi connectivity index (χ0v) is 14.6. The van der Waals surface area contributed by atoms with Gasteiger partial charge in [-0.25, -0.2) is 13.8 Å². The predicted molar refractivity (Wildman–Crippen MR) is 92.9 cm³/mol. The molecule has 142 valence electrons. The summed E-state index contributed by atoms with van der Waals surface area (Å²) in [6, 6.07) is 6.70. The molecular formula is C17H12F5N3OS. The van der Waals surface area contributed by atoms with Crippen LogP contribution in [0.3, 0.4) is 0 Å². The van der Waals surface area contributed by atoms with E-state index in [1.807, 2.05) is 0 Å². The Labute approximate surface area is 154 Å². The van der Waals surface area contributed by atoms with Crippen molar-refractivity contribution in [2.24, 2.45) is 0 Å². The van der Waals surface area contributed by atoms with Crippen LogP contribution in [0.1, 0.15) is 5.56 Å². The fraction of sp³-hybridized carbons (Fsp3) is 0.176. The van der Waals surface area contributed by atoms with Crippen LogP contribution in [-0.2, 0) is 11.0 Å². The van der Waals surface area contributed by atoms with Crippen molar-refractivity contribution in [1.29, 1.82) is 0 Å². The molecule has 1 amide bonds. The fourth-order valence-electron chi connectivity index (χ4n) is 2.37. The van der Waals surface area contributed by atoms with Crippen molar-refractivity contribution >= 4 is 38.3 Å². The number of rotatable bonds is 4. The Balaban J connectivity index is 1.72. The SMILES string of the molecule is CN(CC(=O)Nc1ccc(F)c(C(F)(F)F)c1)c1nc2c(F)cccc2s1. The van der Waals surface area contributed by atoms with E-state index in [0.29, 0.717) is 22.0 Å². The van der Waals surface area contributed by atoms with E-state index in [2.05, 4.69) is 10.3 Å². The lowest BCUT2D eigenvalue weighted by Crippen LogP contribution is -2.30. The molecule has 0 aliphatic rings. The molecule has 4 nitrogen and oxygen atoms in total. The largest absolute Gasteiger partial charge is 0.419 e. The molecule has 27 heavy (non-hydrogen) atoms. The van der Waals surface area contributed by atoms with E-state index in [1.165, 1.54) is 22.3 Å². The van der Waals surface area contributed by atoms with Gasteiger partial charge in [-0.1, -0.05) is 17.4 Å².